The maximum atomic E-state index is 5.24. The average Bonchev–Trinajstić information content (AvgIpc) is 2.09. The molecule has 0 radical (unpaired) electrons. The van der Waals surface area contributed by atoms with Gasteiger partial charge in [-0.2, -0.15) is 0 Å². The topological polar surface area (TPSA) is 37.8 Å². The Balaban J connectivity index is 2.85. The highest BCUT2D eigenvalue weighted by molar-refractivity contribution is 5.14. The predicted molar refractivity (Wildman–Crippen MR) is 42.7 cm³/mol. The molecule has 0 saturated heterocycles. The van der Waals surface area contributed by atoms with Crippen molar-refractivity contribution in [3.63, 3.8) is 0 Å². The molecule has 56 valence electrons. The van der Waals surface area contributed by atoms with Crippen molar-refractivity contribution < 1.29 is 0 Å². The average molecular weight is 147 g/mol. The Bertz CT molecular complexity index is 250. The first-order valence-corrected chi connectivity index (χ1v) is 3.27. The molecule has 0 aliphatic rings. The Morgan fingerprint density at radius 2 is 2.45 bits per heavy atom. The van der Waals surface area contributed by atoms with Crippen molar-refractivity contribution in [1.82, 2.24) is 15.3 Å². The SMILES string of the molecule is C#CC(NC)c1cnccn1. The molecule has 0 saturated carbocycles. The molecular weight excluding hydrogens is 138 g/mol. The van der Waals surface area contributed by atoms with Crippen LogP contribution in [0, 0.1) is 12.3 Å². The first kappa shape index (κ1) is 7.70. The van der Waals surface area contributed by atoms with Gasteiger partial charge in [0.15, 0.2) is 0 Å². The second kappa shape index (κ2) is 3.69. The zero-order valence-corrected chi connectivity index (χ0v) is 6.28. The Morgan fingerprint density at radius 3 is 2.91 bits per heavy atom. The molecule has 0 fully saturated rings. The number of nitrogens with one attached hydrogen (secondary N) is 1. The van der Waals surface area contributed by atoms with E-state index >= 15 is 0 Å². The molecule has 0 aliphatic carbocycles. The van der Waals surface area contributed by atoms with Crippen LogP contribution in [-0.4, -0.2) is 17.0 Å². The number of terminal acetylenes is 1. The van der Waals surface area contributed by atoms with Crippen LogP contribution in [0.4, 0.5) is 0 Å². The van der Waals surface area contributed by atoms with Crippen LogP contribution in [0.5, 0.6) is 0 Å². The molecular formula is C8H9N3. The van der Waals surface area contributed by atoms with Gasteiger partial charge in [-0.15, -0.1) is 6.42 Å². The summed E-state index contributed by atoms with van der Waals surface area (Å²) in [5, 5.41) is 2.93. The number of nitrogens with zero attached hydrogens (tertiary/aromatic N) is 2. The van der Waals surface area contributed by atoms with E-state index < -0.39 is 0 Å². The van der Waals surface area contributed by atoms with E-state index in [0.717, 1.165) is 5.69 Å². The van der Waals surface area contributed by atoms with Crippen LogP contribution in [0.1, 0.15) is 11.7 Å². The lowest BCUT2D eigenvalue weighted by Gasteiger charge is -2.06. The molecule has 0 aliphatic heterocycles. The standard InChI is InChI=1S/C8H9N3/c1-3-7(9-2)8-6-10-4-5-11-8/h1,4-7,9H,2H3. The minimum Gasteiger partial charge on any atom is -0.302 e. The van der Waals surface area contributed by atoms with Crippen molar-refractivity contribution in [3.05, 3.63) is 24.3 Å². The van der Waals surface area contributed by atoms with E-state index in [9.17, 15) is 0 Å². The lowest BCUT2D eigenvalue weighted by molar-refractivity contribution is 0.708. The number of hydrogen-bond donors (Lipinski definition) is 1. The van der Waals surface area contributed by atoms with Gasteiger partial charge in [-0.05, 0) is 7.05 Å². The predicted octanol–water partition coefficient (Wildman–Crippen LogP) is 0.370. The van der Waals surface area contributed by atoms with Crippen LogP contribution in [0.3, 0.4) is 0 Å². The fourth-order valence-electron chi connectivity index (χ4n) is 0.776. The third kappa shape index (κ3) is 1.76. The summed E-state index contributed by atoms with van der Waals surface area (Å²) in [6.07, 6.45) is 10.1. The minimum absolute atomic E-state index is 0.135. The Kier molecular flexibility index (Phi) is 2.59. The molecule has 0 bridgehead atoms. The minimum atomic E-state index is -0.135. The largest absolute Gasteiger partial charge is 0.302 e. The molecule has 0 spiro atoms. The van der Waals surface area contributed by atoms with Gasteiger partial charge in [0.2, 0.25) is 0 Å². The Hall–Kier alpha value is -1.40. The van der Waals surface area contributed by atoms with E-state index in [-0.39, 0.29) is 6.04 Å². The quantitative estimate of drug-likeness (QED) is 0.614. The van der Waals surface area contributed by atoms with E-state index in [1.54, 1.807) is 25.6 Å². The van der Waals surface area contributed by atoms with E-state index in [4.69, 9.17) is 6.42 Å². The highest BCUT2D eigenvalue weighted by atomic mass is 14.9. The van der Waals surface area contributed by atoms with Gasteiger partial charge < -0.3 is 5.32 Å². The van der Waals surface area contributed by atoms with Gasteiger partial charge in [0, 0.05) is 12.4 Å². The maximum Gasteiger partial charge on any atom is 0.113 e. The summed E-state index contributed by atoms with van der Waals surface area (Å²) in [4.78, 5) is 7.96. The monoisotopic (exact) mass is 147 g/mol. The Morgan fingerprint density at radius 1 is 1.64 bits per heavy atom. The van der Waals surface area contributed by atoms with E-state index in [1.807, 2.05) is 0 Å². The summed E-state index contributed by atoms with van der Waals surface area (Å²) in [6.45, 7) is 0. The summed E-state index contributed by atoms with van der Waals surface area (Å²) in [7, 11) is 1.79. The second-order valence-corrected chi connectivity index (χ2v) is 2.02. The molecule has 1 rings (SSSR count). The smallest absolute Gasteiger partial charge is 0.113 e. The highest BCUT2D eigenvalue weighted by Crippen LogP contribution is 2.04. The van der Waals surface area contributed by atoms with Crippen LogP contribution in [0.25, 0.3) is 0 Å². The van der Waals surface area contributed by atoms with Gasteiger partial charge in [0.05, 0.1) is 11.9 Å². The zero-order valence-electron chi connectivity index (χ0n) is 6.28. The molecule has 3 nitrogen and oxygen atoms in total. The number of aromatic nitrogens is 2. The van der Waals surface area contributed by atoms with Gasteiger partial charge in [-0.25, -0.2) is 0 Å². The van der Waals surface area contributed by atoms with Crippen molar-refractivity contribution in [1.29, 1.82) is 0 Å². The molecule has 3 heteroatoms. The summed E-state index contributed by atoms with van der Waals surface area (Å²) in [5.41, 5.74) is 0.775. The first-order valence-electron chi connectivity index (χ1n) is 3.27. The molecule has 0 aromatic carbocycles. The Labute approximate surface area is 65.9 Å². The van der Waals surface area contributed by atoms with E-state index in [0.29, 0.717) is 0 Å². The van der Waals surface area contributed by atoms with Gasteiger partial charge in [-0.3, -0.25) is 9.97 Å². The third-order valence-corrected chi connectivity index (χ3v) is 1.33. The highest BCUT2D eigenvalue weighted by Gasteiger charge is 2.04. The molecule has 1 aromatic rings. The summed E-state index contributed by atoms with van der Waals surface area (Å²) < 4.78 is 0. The lowest BCUT2D eigenvalue weighted by Crippen LogP contribution is -2.15. The molecule has 1 heterocycles. The van der Waals surface area contributed by atoms with Gasteiger partial charge in [-0.1, -0.05) is 5.92 Å². The van der Waals surface area contributed by atoms with Crippen molar-refractivity contribution in [2.75, 3.05) is 7.05 Å². The van der Waals surface area contributed by atoms with Gasteiger partial charge >= 0.3 is 0 Å². The number of hydrogen-bond acceptors (Lipinski definition) is 3. The van der Waals surface area contributed by atoms with Crippen LogP contribution >= 0.6 is 0 Å². The first-order chi connectivity index (χ1) is 5.38. The summed E-state index contributed by atoms with van der Waals surface area (Å²) in [5.74, 6) is 2.55. The molecule has 1 aromatic heterocycles. The summed E-state index contributed by atoms with van der Waals surface area (Å²) in [6, 6.07) is -0.135. The lowest BCUT2D eigenvalue weighted by atomic mass is 10.2. The van der Waals surface area contributed by atoms with Crippen LogP contribution < -0.4 is 5.32 Å². The van der Waals surface area contributed by atoms with Crippen LogP contribution in [0.15, 0.2) is 18.6 Å². The molecule has 1 atom stereocenters. The maximum absolute atomic E-state index is 5.24. The second-order valence-electron chi connectivity index (χ2n) is 2.02. The fraction of sp³-hybridized carbons (Fsp3) is 0.250. The van der Waals surface area contributed by atoms with Gasteiger partial charge in [0.1, 0.15) is 6.04 Å². The third-order valence-electron chi connectivity index (χ3n) is 1.33. The molecule has 1 N–H and O–H groups in total. The molecule has 0 amide bonds. The van der Waals surface area contributed by atoms with E-state index in [2.05, 4.69) is 21.2 Å². The number of rotatable bonds is 2. The van der Waals surface area contributed by atoms with Crippen molar-refractivity contribution >= 4 is 0 Å². The van der Waals surface area contributed by atoms with E-state index in [1.165, 1.54) is 0 Å². The fourth-order valence-corrected chi connectivity index (χ4v) is 0.776. The molecule has 1 unspecified atom stereocenters. The van der Waals surface area contributed by atoms with Crippen LogP contribution in [-0.2, 0) is 0 Å². The van der Waals surface area contributed by atoms with Crippen molar-refractivity contribution in [2.45, 2.75) is 6.04 Å². The van der Waals surface area contributed by atoms with Crippen LogP contribution in [0.2, 0.25) is 0 Å². The summed E-state index contributed by atoms with van der Waals surface area (Å²) >= 11 is 0. The molecule has 11 heavy (non-hydrogen) atoms. The zero-order chi connectivity index (χ0) is 8.10. The van der Waals surface area contributed by atoms with Crippen molar-refractivity contribution in [2.24, 2.45) is 0 Å². The van der Waals surface area contributed by atoms with Crippen molar-refractivity contribution in [3.8, 4) is 12.3 Å². The normalized spacial score (nSPS) is 12.0. The van der Waals surface area contributed by atoms with Gasteiger partial charge in [0.25, 0.3) is 0 Å².